The molecule has 2 heterocycles. The molecule has 6 nitrogen and oxygen atoms in total. The first-order valence-electron chi connectivity index (χ1n) is 9.96. The van der Waals surface area contributed by atoms with Crippen LogP contribution >= 0.6 is 0 Å². The second-order valence-corrected chi connectivity index (χ2v) is 7.35. The number of rotatable bonds is 5. The van der Waals surface area contributed by atoms with Gasteiger partial charge in [-0.15, -0.1) is 0 Å². The van der Waals surface area contributed by atoms with E-state index in [4.69, 9.17) is 9.94 Å². The molecule has 1 aliphatic carbocycles. The fourth-order valence-corrected chi connectivity index (χ4v) is 4.08. The van der Waals surface area contributed by atoms with Crippen molar-refractivity contribution in [3.8, 4) is 0 Å². The summed E-state index contributed by atoms with van der Waals surface area (Å²) < 4.78 is 7.70. The number of ketones is 1. The summed E-state index contributed by atoms with van der Waals surface area (Å²) in [6.45, 7) is 7.29. The molecule has 29 heavy (non-hydrogen) atoms. The molecule has 1 fully saturated rings. The van der Waals surface area contributed by atoms with Gasteiger partial charge in [0, 0.05) is 66.2 Å². The second kappa shape index (κ2) is 8.62. The van der Waals surface area contributed by atoms with E-state index >= 15 is 0 Å². The average Bonchev–Trinajstić information content (AvgIpc) is 3.04. The lowest BCUT2D eigenvalue weighted by Crippen LogP contribution is -2.38. The van der Waals surface area contributed by atoms with Crippen LogP contribution in [0.3, 0.4) is 0 Å². The molecule has 1 N–H and O–H groups in total. The highest BCUT2D eigenvalue weighted by Crippen LogP contribution is 2.29. The van der Waals surface area contributed by atoms with Gasteiger partial charge in [0.2, 0.25) is 0 Å². The van der Waals surface area contributed by atoms with Gasteiger partial charge >= 0.3 is 0 Å². The van der Waals surface area contributed by atoms with Gasteiger partial charge in [0.1, 0.15) is 0 Å². The van der Waals surface area contributed by atoms with Gasteiger partial charge in [-0.3, -0.25) is 9.69 Å². The Kier molecular flexibility index (Phi) is 5.76. The largest absolute Gasteiger partial charge is 0.404 e. The van der Waals surface area contributed by atoms with E-state index < -0.39 is 0 Å². The van der Waals surface area contributed by atoms with E-state index in [9.17, 15) is 4.79 Å². The smallest absolute Gasteiger partial charge is 0.195 e. The van der Waals surface area contributed by atoms with Gasteiger partial charge in [-0.25, -0.2) is 0 Å². The molecule has 0 unspecified atom stereocenters. The third-order valence-corrected chi connectivity index (χ3v) is 5.66. The van der Waals surface area contributed by atoms with Crippen LogP contribution in [-0.2, 0) is 11.3 Å². The molecule has 1 aromatic heterocycles. The van der Waals surface area contributed by atoms with Gasteiger partial charge in [0.25, 0.3) is 0 Å². The third kappa shape index (κ3) is 3.96. The molecule has 6 heteroatoms. The van der Waals surface area contributed by atoms with Crippen LogP contribution in [0.25, 0.3) is 10.9 Å². The maximum atomic E-state index is 13.4. The molecular weight excluding hydrogens is 366 g/mol. The Balaban J connectivity index is 1.64. The number of nitrogens with zero attached hydrogens (tertiary/aromatic N) is 3. The van der Waals surface area contributed by atoms with Crippen molar-refractivity contribution in [3.05, 3.63) is 64.9 Å². The van der Waals surface area contributed by atoms with E-state index in [1.807, 2.05) is 31.2 Å². The van der Waals surface area contributed by atoms with E-state index in [1.54, 1.807) is 12.2 Å². The highest BCUT2D eigenvalue weighted by Gasteiger charge is 2.22. The summed E-state index contributed by atoms with van der Waals surface area (Å²) in [7, 11) is 0. The first kappa shape index (κ1) is 19.4. The summed E-state index contributed by atoms with van der Waals surface area (Å²) >= 11 is 0. The molecule has 0 bridgehead atoms. The number of morpholine rings is 1. The number of carbonyl (C=O) groups is 1. The van der Waals surface area contributed by atoms with E-state index in [-0.39, 0.29) is 5.78 Å². The number of allylic oxidation sites excluding steroid dienone is 5. The Morgan fingerprint density at radius 1 is 1.21 bits per heavy atom. The summed E-state index contributed by atoms with van der Waals surface area (Å²) in [6, 6.07) is 8.11. The van der Waals surface area contributed by atoms with Crippen molar-refractivity contribution in [2.75, 3.05) is 32.8 Å². The molecule has 1 saturated heterocycles. The molecule has 0 saturated carbocycles. The minimum atomic E-state index is 0.0278. The number of Topliss-reactive ketones (excluding diaryl/α,β-unsaturated/α-hetero) is 1. The fraction of sp³-hybridized carbons (Fsp3) is 0.348. The number of ether oxygens (including phenoxy) is 1. The van der Waals surface area contributed by atoms with Crippen molar-refractivity contribution < 1.29 is 14.7 Å². The Morgan fingerprint density at radius 3 is 2.72 bits per heavy atom. The molecule has 0 radical (unpaired) electrons. The van der Waals surface area contributed by atoms with Crippen LogP contribution in [0.2, 0.25) is 0 Å². The molecular formula is C23H25N3O3. The van der Waals surface area contributed by atoms with Gasteiger partial charge in [-0.2, -0.15) is 0 Å². The predicted molar refractivity (Wildman–Crippen MR) is 113 cm³/mol. The van der Waals surface area contributed by atoms with Crippen LogP contribution in [0, 0.1) is 6.92 Å². The lowest BCUT2D eigenvalue weighted by molar-refractivity contribution is 0.0365. The Morgan fingerprint density at radius 2 is 2.00 bits per heavy atom. The highest BCUT2D eigenvalue weighted by atomic mass is 16.5. The zero-order chi connectivity index (χ0) is 20.2. The molecule has 0 spiro atoms. The standard InChI is InChI=1S/C23H25N3O3/c1-17-22(23(27)19-8-6-18(7-9-19)16-24-28)20-4-2-3-5-21(20)26(17)11-10-25-12-14-29-15-13-25/h2-6,8-9,28H,7,10-15H2,1H3. The van der Waals surface area contributed by atoms with Crippen LogP contribution < -0.4 is 0 Å². The maximum Gasteiger partial charge on any atom is 0.195 e. The van der Waals surface area contributed by atoms with Crippen LogP contribution in [-0.4, -0.2) is 59.2 Å². The quantitative estimate of drug-likeness (QED) is 0.367. The third-order valence-electron chi connectivity index (χ3n) is 5.66. The van der Waals surface area contributed by atoms with Crippen LogP contribution in [0.4, 0.5) is 0 Å². The van der Waals surface area contributed by atoms with E-state index in [0.29, 0.717) is 12.0 Å². The van der Waals surface area contributed by atoms with Crippen molar-refractivity contribution in [3.63, 3.8) is 0 Å². The van der Waals surface area contributed by atoms with E-state index in [1.165, 1.54) is 0 Å². The topological polar surface area (TPSA) is 67.1 Å². The second-order valence-electron chi connectivity index (χ2n) is 7.35. The molecule has 150 valence electrons. The lowest BCUT2D eigenvalue weighted by atomic mass is 9.95. The van der Waals surface area contributed by atoms with Gasteiger partial charge in [-0.05, 0) is 24.2 Å². The fourth-order valence-electron chi connectivity index (χ4n) is 4.08. The summed E-state index contributed by atoms with van der Waals surface area (Å²) in [5.41, 5.74) is 4.26. The van der Waals surface area contributed by atoms with Gasteiger partial charge in [0.15, 0.2) is 5.78 Å². The molecule has 1 aliphatic heterocycles. The van der Waals surface area contributed by atoms with Crippen molar-refractivity contribution in [2.24, 2.45) is 5.16 Å². The summed E-state index contributed by atoms with van der Waals surface area (Å²) in [6.07, 6.45) is 5.95. The molecule has 0 amide bonds. The number of hydrogen-bond acceptors (Lipinski definition) is 5. The van der Waals surface area contributed by atoms with Crippen molar-refractivity contribution in [1.29, 1.82) is 0 Å². The van der Waals surface area contributed by atoms with Crippen molar-refractivity contribution in [1.82, 2.24) is 9.47 Å². The summed E-state index contributed by atoms with van der Waals surface area (Å²) in [5.74, 6) is 2.54. The Labute approximate surface area is 170 Å². The number of para-hydroxylation sites is 1. The van der Waals surface area contributed by atoms with Crippen LogP contribution in [0.1, 0.15) is 22.5 Å². The zero-order valence-corrected chi connectivity index (χ0v) is 16.6. The van der Waals surface area contributed by atoms with E-state index in [0.717, 1.165) is 67.1 Å². The van der Waals surface area contributed by atoms with Gasteiger partial charge in [-0.1, -0.05) is 30.4 Å². The highest BCUT2D eigenvalue weighted by molar-refractivity contribution is 6.18. The monoisotopic (exact) mass is 391 g/mol. The summed E-state index contributed by atoms with van der Waals surface area (Å²) in [4.78, 5) is 15.8. The van der Waals surface area contributed by atoms with Gasteiger partial charge in [0.05, 0.1) is 18.8 Å². The number of aromatic nitrogens is 1. The average molecular weight is 391 g/mol. The number of carbonyl (C=O) groups excluding carboxylic acids is 1. The SMILES string of the molecule is Cc1c(C(=O)C2=CCC(=C=NO)C=C2)c2ccccc2n1CCN1CCOCC1. The minimum Gasteiger partial charge on any atom is -0.404 e. The predicted octanol–water partition coefficient (Wildman–Crippen LogP) is 3.34. The first-order chi connectivity index (χ1) is 14.2. The Hall–Kier alpha value is -2.92. The molecule has 2 aliphatic rings. The minimum absolute atomic E-state index is 0.0278. The first-order valence-corrected chi connectivity index (χ1v) is 9.96. The lowest BCUT2D eigenvalue weighted by Gasteiger charge is -2.27. The number of hydrogen-bond donors (Lipinski definition) is 1. The van der Waals surface area contributed by atoms with Gasteiger partial charge < -0.3 is 14.5 Å². The maximum absolute atomic E-state index is 13.4. The molecule has 1 aromatic carbocycles. The molecule has 2 aromatic rings. The Bertz CT molecular complexity index is 1050. The van der Waals surface area contributed by atoms with Crippen LogP contribution in [0.15, 0.2) is 58.8 Å². The number of benzene rings is 1. The zero-order valence-electron chi connectivity index (χ0n) is 16.6. The van der Waals surface area contributed by atoms with Crippen LogP contribution in [0.5, 0.6) is 0 Å². The molecule has 4 rings (SSSR count). The summed E-state index contributed by atoms with van der Waals surface area (Å²) in [5, 5.41) is 12.6. The number of fused-ring (bicyclic) bond motifs is 1. The molecule has 0 atom stereocenters. The van der Waals surface area contributed by atoms with Crippen molar-refractivity contribution >= 4 is 22.6 Å². The normalized spacial score (nSPS) is 17.3. The van der Waals surface area contributed by atoms with Crippen molar-refractivity contribution in [2.45, 2.75) is 19.9 Å². The van der Waals surface area contributed by atoms with E-state index in [2.05, 4.69) is 26.6 Å².